The van der Waals surface area contributed by atoms with Gasteiger partial charge in [-0.15, -0.1) is 0 Å². The van der Waals surface area contributed by atoms with E-state index in [0.717, 1.165) is 0 Å². The Morgan fingerprint density at radius 3 is 2.67 bits per heavy atom. The number of rotatable bonds is 2. The lowest BCUT2D eigenvalue weighted by Gasteiger charge is -2.34. The van der Waals surface area contributed by atoms with Crippen LogP contribution in [0.25, 0.3) is 0 Å². The van der Waals surface area contributed by atoms with Crippen molar-refractivity contribution in [3.05, 3.63) is 0 Å². The normalized spacial score (nSPS) is 27.4. The van der Waals surface area contributed by atoms with Crippen LogP contribution in [0.2, 0.25) is 0 Å². The first kappa shape index (κ1) is 12.4. The number of nitrogens with two attached hydrogens (primary N) is 1. The Labute approximate surface area is 90.5 Å². The molecule has 2 N–H and O–H groups in total. The zero-order chi connectivity index (χ0) is 11.6. The smallest absolute Gasteiger partial charge is 0.226 e. The Balaban J connectivity index is 2.70. The van der Waals surface area contributed by atoms with Crippen LogP contribution in [0.1, 0.15) is 13.8 Å². The molecule has 0 spiro atoms. The van der Waals surface area contributed by atoms with Crippen LogP contribution in [0.5, 0.6) is 0 Å². The molecule has 0 radical (unpaired) electrons. The molecular weight excluding hydrogens is 216 g/mol. The quantitative estimate of drug-likeness (QED) is 0.680. The van der Waals surface area contributed by atoms with Crippen molar-refractivity contribution in [1.82, 2.24) is 4.90 Å². The maximum atomic E-state index is 11.8. The average molecular weight is 234 g/mol. The van der Waals surface area contributed by atoms with Crippen LogP contribution >= 0.6 is 0 Å². The molecule has 0 bridgehead atoms. The molecule has 1 saturated heterocycles. The highest BCUT2D eigenvalue weighted by Gasteiger charge is 2.32. The maximum absolute atomic E-state index is 11.8. The minimum absolute atomic E-state index is 0.0418. The lowest BCUT2D eigenvalue weighted by Crippen LogP contribution is -2.52. The summed E-state index contributed by atoms with van der Waals surface area (Å²) in [6.07, 6.45) is 0. The highest BCUT2D eigenvalue weighted by Crippen LogP contribution is 2.14. The fourth-order valence-corrected chi connectivity index (χ4v) is 3.27. The van der Waals surface area contributed by atoms with Crippen molar-refractivity contribution in [3.8, 4) is 0 Å². The van der Waals surface area contributed by atoms with E-state index in [1.54, 1.807) is 18.7 Å². The van der Waals surface area contributed by atoms with E-state index in [0.29, 0.717) is 13.1 Å². The van der Waals surface area contributed by atoms with Crippen LogP contribution in [-0.2, 0) is 14.6 Å². The van der Waals surface area contributed by atoms with Gasteiger partial charge in [0.05, 0.1) is 11.5 Å². The highest BCUT2D eigenvalue weighted by molar-refractivity contribution is 7.91. The number of hydrogen-bond acceptors (Lipinski definition) is 4. The van der Waals surface area contributed by atoms with Gasteiger partial charge in [0.25, 0.3) is 0 Å². The van der Waals surface area contributed by atoms with Gasteiger partial charge in [0.2, 0.25) is 5.91 Å². The van der Waals surface area contributed by atoms with E-state index in [2.05, 4.69) is 0 Å². The summed E-state index contributed by atoms with van der Waals surface area (Å²) in [6.45, 7) is 4.12. The molecule has 88 valence electrons. The monoisotopic (exact) mass is 234 g/mol. The number of carbonyl (C=O) groups is 1. The second-order valence-corrected chi connectivity index (χ2v) is 6.36. The van der Waals surface area contributed by atoms with Crippen molar-refractivity contribution in [3.63, 3.8) is 0 Å². The summed E-state index contributed by atoms with van der Waals surface area (Å²) in [5.41, 5.74) is 5.41. The van der Waals surface area contributed by atoms with Gasteiger partial charge < -0.3 is 10.6 Å². The predicted octanol–water partition coefficient (Wildman–Crippen LogP) is -0.773. The molecule has 2 unspecified atom stereocenters. The van der Waals surface area contributed by atoms with Crippen molar-refractivity contribution in [1.29, 1.82) is 0 Å². The summed E-state index contributed by atoms with van der Waals surface area (Å²) >= 11 is 0. The third kappa shape index (κ3) is 2.92. The first-order valence-corrected chi connectivity index (χ1v) is 6.90. The molecule has 6 heteroatoms. The summed E-state index contributed by atoms with van der Waals surface area (Å²) in [7, 11) is -2.96. The Morgan fingerprint density at radius 2 is 2.20 bits per heavy atom. The Kier molecular flexibility index (Phi) is 3.72. The summed E-state index contributed by atoms with van der Waals surface area (Å²) in [5.74, 6) is -0.135. The topological polar surface area (TPSA) is 80.5 Å². The van der Waals surface area contributed by atoms with Crippen molar-refractivity contribution in [2.24, 2.45) is 11.7 Å². The zero-order valence-electron chi connectivity index (χ0n) is 9.14. The third-order valence-corrected chi connectivity index (χ3v) is 4.52. The third-order valence-electron chi connectivity index (χ3n) is 2.73. The number of hydrogen-bond donors (Lipinski definition) is 1. The molecule has 5 nitrogen and oxygen atoms in total. The van der Waals surface area contributed by atoms with Gasteiger partial charge in [0.15, 0.2) is 9.84 Å². The molecule has 1 fully saturated rings. The molecule has 0 aromatic carbocycles. The summed E-state index contributed by atoms with van der Waals surface area (Å²) in [6, 6.07) is -0.231. The number of carbonyl (C=O) groups excluding carboxylic acids is 1. The minimum Gasteiger partial charge on any atom is -0.338 e. The molecule has 1 amide bonds. The van der Waals surface area contributed by atoms with Gasteiger partial charge in [-0.1, -0.05) is 6.92 Å². The SMILES string of the molecule is CC(CN)C(=O)N1CCS(=O)(=O)CC1C. The molecular formula is C9H18N2O3S. The standard InChI is InChI=1S/C9H18N2O3S/c1-7(5-10)9(12)11-3-4-15(13,14)6-8(11)2/h7-8H,3-6,10H2,1-2H3. The van der Waals surface area contributed by atoms with Crippen LogP contribution in [0.4, 0.5) is 0 Å². The molecule has 15 heavy (non-hydrogen) atoms. The number of sulfone groups is 1. The fraction of sp³-hybridized carbons (Fsp3) is 0.889. The Morgan fingerprint density at radius 1 is 1.60 bits per heavy atom. The van der Waals surface area contributed by atoms with Gasteiger partial charge in [0, 0.05) is 25.0 Å². The largest absolute Gasteiger partial charge is 0.338 e. The van der Waals surface area contributed by atoms with Gasteiger partial charge in [-0.05, 0) is 6.92 Å². The van der Waals surface area contributed by atoms with E-state index in [-0.39, 0.29) is 29.4 Å². The fourth-order valence-electron chi connectivity index (χ4n) is 1.71. The summed E-state index contributed by atoms with van der Waals surface area (Å²) in [4.78, 5) is 13.4. The van der Waals surface area contributed by atoms with E-state index in [4.69, 9.17) is 5.73 Å². The number of nitrogens with zero attached hydrogens (tertiary/aromatic N) is 1. The van der Waals surface area contributed by atoms with Gasteiger partial charge in [-0.2, -0.15) is 0 Å². The van der Waals surface area contributed by atoms with Crippen molar-refractivity contribution in [2.75, 3.05) is 24.6 Å². The molecule has 0 aromatic heterocycles. The van der Waals surface area contributed by atoms with E-state index in [1.165, 1.54) is 0 Å². The van der Waals surface area contributed by atoms with Crippen LogP contribution in [0.3, 0.4) is 0 Å². The molecule has 1 aliphatic rings. The van der Waals surface area contributed by atoms with Gasteiger partial charge in [-0.25, -0.2) is 8.42 Å². The zero-order valence-corrected chi connectivity index (χ0v) is 9.96. The Bertz CT molecular complexity index is 339. The van der Waals surface area contributed by atoms with Crippen molar-refractivity contribution >= 4 is 15.7 Å². The van der Waals surface area contributed by atoms with Crippen LogP contribution in [0.15, 0.2) is 0 Å². The van der Waals surface area contributed by atoms with Gasteiger partial charge >= 0.3 is 0 Å². The molecule has 0 aliphatic carbocycles. The lowest BCUT2D eigenvalue weighted by atomic mass is 10.1. The maximum Gasteiger partial charge on any atom is 0.226 e. The predicted molar refractivity (Wildman–Crippen MR) is 58.0 cm³/mol. The second-order valence-electron chi connectivity index (χ2n) is 4.13. The van der Waals surface area contributed by atoms with Gasteiger partial charge in [0.1, 0.15) is 0 Å². The molecule has 2 atom stereocenters. The van der Waals surface area contributed by atoms with Crippen molar-refractivity contribution in [2.45, 2.75) is 19.9 Å². The van der Waals surface area contributed by atoms with Crippen LogP contribution in [-0.4, -0.2) is 49.9 Å². The molecule has 0 saturated carbocycles. The number of amides is 1. The lowest BCUT2D eigenvalue weighted by molar-refractivity contribution is -0.136. The first-order chi connectivity index (χ1) is 6.87. The van der Waals surface area contributed by atoms with Crippen molar-refractivity contribution < 1.29 is 13.2 Å². The summed E-state index contributed by atoms with van der Waals surface area (Å²) < 4.78 is 22.6. The second kappa shape index (κ2) is 4.49. The Hall–Kier alpha value is -0.620. The van der Waals surface area contributed by atoms with Crippen LogP contribution in [0, 0.1) is 5.92 Å². The summed E-state index contributed by atoms with van der Waals surface area (Å²) in [5, 5.41) is 0. The minimum atomic E-state index is -2.96. The van der Waals surface area contributed by atoms with E-state index in [1.807, 2.05) is 0 Å². The molecule has 1 aliphatic heterocycles. The van der Waals surface area contributed by atoms with Gasteiger partial charge in [-0.3, -0.25) is 4.79 Å². The van der Waals surface area contributed by atoms with E-state index >= 15 is 0 Å². The average Bonchev–Trinajstić information content (AvgIpc) is 2.14. The van der Waals surface area contributed by atoms with E-state index in [9.17, 15) is 13.2 Å². The first-order valence-electron chi connectivity index (χ1n) is 5.08. The molecule has 0 aromatic rings. The highest BCUT2D eigenvalue weighted by atomic mass is 32.2. The van der Waals surface area contributed by atoms with E-state index < -0.39 is 9.84 Å². The molecule has 1 heterocycles. The van der Waals surface area contributed by atoms with Crippen LogP contribution < -0.4 is 5.73 Å². The molecule has 1 rings (SSSR count).